The zero-order valence-electron chi connectivity index (χ0n) is 10.3. The molecule has 0 aliphatic carbocycles. The van der Waals surface area contributed by atoms with Crippen molar-refractivity contribution in [1.82, 2.24) is 10.3 Å². The number of hydrogen-bond acceptors (Lipinski definition) is 4. The lowest BCUT2D eigenvalue weighted by atomic mass is 10.1. The molecular formula is C12H16N4O. The SMILES string of the molecule is CCNC(=O)CNc1cc(C)nc(C)c1C#N. The summed E-state index contributed by atoms with van der Waals surface area (Å²) in [4.78, 5) is 15.5. The van der Waals surface area contributed by atoms with E-state index < -0.39 is 0 Å². The molecule has 5 heteroatoms. The van der Waals surface area contributed by atoms with Crippen molar-refractivity contribution in [3.8, 4) is 6.07 Å². The Bertz CT molecular complexity index is 462. The van der Waals surface area contributed by atoms with Gasteiger partial charge in [-0.15, -0.1) is 0 Å². The third-order valence-corrected chi connectivity index (χ3v) is 2.25. The number of rotatable bonds is 4. The lowest BCUT2D eigenvalue weighted by Gasteiger charge is -2.10. The summed E-state index contributed by atoms with van der Waals surface area (Å²) in [6.07, 6.45) is 0. The van der Waals surface area contributed by atoms with Crippen LogP contribution in [0.5, 0.6) is 0 Å². The third kappa shape index (κ3) is 3.45. The van der Waals surface area contributed by atoms with Crippen LogP contribution in [0.15, 0.2) is 6.07 Å². The molecule has 0 fully saturated rings. The van der Waals surface area contributed by atoms with Gasteiger partial charge < -0.3 is 10.6 Å². The number of carbonyl (C=O) groups is 1. The number of anilines is 1. The Morgan fingerprint density at radius 1 is 1.53 bits per heavy atom. The Morgan fingerprint density at radius 3 is 2.82 bits per heavy atom. The molecule has 1 aromatic heterocycles. The van der Waals surface area contributed by atoms with Crippen LogP contribution in [0.4, 0.5) is 5.69 Å². The Balaban J connectivity index is 2.84. The maximum Gasteiger partial charge on any atom is 0.239 e. The Morgan fingerprint density at radius 2 is 2.24 bits per heavy atom. The van der Waals surface area contributed by atoms with E-state index in [0.29, 0.717) is 23.5 Å². The molecule has 0 atom stereocenters. The second-order valence-corrected chi connectivity index (χ2v) is 3.69. The third-order valence-electron chi connectivity index (χ3n) is 2.25. The first-order chi connectivity index (χ1) is 8.08. The van der Waals surface area contributed by atoms with Crippen molar-refractivity contribution < 1.29 is 4.79 Å². The maximum absolute atomic E-state index is 11.3. The quantitative estimate of drug-likeness (QED) is 0.815. The standard InChI is InChI=1S/C12H16N4O/c1-4-14-12(17)7-15-11-5-8(2)16-9(3)10(11)6-13/h5H,4,7H2,1-3H3,(H,14,17)(H,15,16). The Labute approximate surface area is 101 Å². The van der Waals surface area contributed by atoms with Crippen molar-refractivity contribution in [3.63, 3.8) is 0 Å². The molecule has 2 N–H and O–H groups in total. The van der Waals surface area contributed by atoms with Crippen LogP contribution in [0.1, 0.15) is 23.9 Å². The van der Waals surface area contributed by atoms with Crippen molar-refractivity contribution in [3.05, 3.63) is 23.0 Å². The minimum absolute atomic E-state index is 0.0940. The fraction of sp³-hybridized carbons (Fsp3) is 0.417. The molecule has 0 aliphatic rings. The lowest BCUT2D eigenvalue weighted by Crippen LogP contribution is -2.29. The van der Waals surface area contributed by atoms with Crippen molar-refractivity contribution in [2.75, 3.05) is 18.4 Å². The van der Waals surface area contributed by atoms with E-state index in [9.17, 15) is 4.79 Å². The zero-order valence-corrected chi connectivity index (χ0v) is 10.3. The van der Waals surface area contributed by atoms with Gasteiger partial charge in [0, 0.05) is 12.2 Å². The molecule has 0 spiro atoms. The highest BCUT2D eigenvalue weighted by atomic mass is 16.1. The van der Waals surface area contributed by atoms with Crippen LogP contribution in [-0.4, -0.2) is 24.0 Å². The van der Waals surface area contributed by atoms with Gasteiger partial charge in [-0.2, -0.15) is 5.26 Å². The zero-order chi connectivity index (χ0) is 12.8. The molecule has 1 heterocycles. The van der Waals surface area contributed by atoms with E-state index in [1.807, 2.05) is 13.8 Å². The first kappa shape index (κ1) is 13.0. The second kappa shape index (κ2) is 5.85. The predicted octanol–water partition coefficient (Wildman–Crippen LogP) is 1.12. The number of likely N-dealkylation sites (N-methyl/N-ethyl adjacent to an activating group) is 1. The summed E-state index contributed by atoms with van der Waals surface area (Å²) in [5.74, 6) is -0.0940. The van der Waals surface area contributed by atoms with Crippen molar-refractivity contribution in [1.29, 1.82) is 5.26 Å². The fourth-order valence-electron chi connectivity index (χ4n) is 1.54. The minimum Gasteiger partial charge on any atom is -0.375 e. The number of hydrogen-bond donors (Lipinski definition) is 2. The minimum atomic E-state index is -0.0940. The normalized spacial score (nSPS) is 9.53. The summed E-state index contributed by atoms with van der Waals surface area (Å²) in [5, 5.41) is 14.7. The Hall–Kier alpha value is -2.09. The molecule has 1 rings (SSSR count). The van der Waals surface area contributed by atoms with Gasteiger partial charge in [0.25, 0.3) is 0 Å². The summed E-state index contributed by atoms with van der Waals surface area (Å²) in [6, 6.07) is 3.86. The largest absolute Gasteiger partial charge is 0.375 e. The van der Waals surface area contributed by atoms with Gasteiger partial charge in [0.05, 0.1) is 23.5 Å². The van der Waals surface area contributed by atoms with Crippen molar-refractivity contribution in [2.45, 2.75) is 20.8 Å². The number of aryl methyl sites for hydroxylation is 2. The molecule has 1 aromatic rings. The number of carbonyl (C=O) groups excluding carboxylic acids is 1. The first-order valence-electron chi connectivity index (χ1n) is 5.47. The van der Waals surface area contributed by atoms with Gasteiger partial charge in [0.2, 0.25) is 5.91 Å². The van der Waals surface area contributed by atoms with Crippen LogP contribution in [0.2, 0.25) is 0 Å². The number of pyridine rings is 1. The average Bonchev–Trinajstić information content (AvgIpc) is 2.26. The molecule has 90 valence electrons. The molecule has 17 heavy (non-hydrogen) atoms. The van der Waals surface area contributed by atoms with Crippen LogP contribution in [0, 0.1) is 25.2 Å². The van der Waals surface area contributed by atoms with Gasteiger partial charge >= 0.3 is 0 Å². The van der Waals surface area contributed by atoms with Gasteiger partial charge in [-0.25, -0.2) is 0 Å². The molecule has 0 bridgehead atoms. The topological polar surface area (TPSA) is 77.8 Å². The summed E-state index contributed by atoms with van der Waals surface area (Å²) < 4.78 is 0. The second-order valence-electron chi connectivity index (χ2n) is 3.69. The van der Waals surface area contributed by atoms with E-state index in [1.54, 1.807) is 13.0 Å². The van der Waals surface area contributed by atoms with E-state index in [4.69, 9.17) is 5.26 Å². The summed E-state index contributed by atoms with van der Waals surface area (Å²) >= 11 is 0. The lowest BCUT2D eigenvalue weighted by molar-refractivity contribution is -0.119. The number of nitrogens with zero attached hydrogens (tertiary/aromatic N) is 2. The summed E-state index contributed by atoms with van der Waals surface area (Å²) in [5.41, 5.74) is 2.63. The van der Waals surface area contributed by atoms with E-state index in [1.165, 1.54) is 0 Å². The van der Waals surface area contributed by atoms with Crippen LogP contribution in [0.25, 0.3) is 0 Å². The highest BCUT2D eigenvalue weighted by molar-refractivity contribution is 5.81. The first-order valence-corrected chi connectivity index (χ1v) is 5.47. The van der Waals surface area contributed by atoms with E-state index in [2.05, 4.69) is 21.7 Å². The van der Waals surface area contributed by atoms with Crippen LogP contribution < -0.4 is 10.6 Å². The van der Waals surface area contributed by atoms with Gasteiger partial charge in [0.15, 0.2) is 0 Å². The predicted molar refractivity (Wildman–Crippen MR) is 65.6 cm³/mol. The number of nitriles is 1. The molecule has 0 unspecified atom stereocenters. The highest BCUT2D eigenvalue weighted by Gasteiger charge is 2.08. The van der Waals surface area contributed by atoms with E-state index in [-0.39, 0.29) is 12.5 Å². The maximum atomic E-state index is 11.3. The highest BCUT2D eigenvalue weighted by Crippen LogP contribution is 2.18. The summed E-state index contributed by atoms with van der Waals surface area (Å²) in [7, 11) is 0. The van der Waals surface area contributed by atoms with E-state index in [0.717, 1.165) is 5.69 Å². The Kier molecular flexibility index (Phi) is 4.46. The summed E-state index contributed by atoms with van der Waals surface area (Å²) in [6.45, 7) is 6.25. The van der Waals surface area contributed by atoms with E-state index >= 15 is 0 Å². The van der Waals surface area contributed by atoms with Crippen LogP contribution in [0.3, 0.4) is 0 Å². The molecule has 0 aromatic carbocycles. The molecular weight excluding hydrogens is 216 g/mol. The average molecular weight is 232 g/mol. The number of amides is 1. The molecule has 5 nitrogen and oxygen atoms in total. The molecule has 1 amide bonds. The molecule has 0 radical (unpaired) electrons. The smallest absolute Gasteiger partial charge is 0.239 e. The molecule has 0 saturated carbocycles. The monoisotopic (exact) mass is 232 g/mol. The van der Waals surface area contributed by atoms with Gasteiger partial charge in [-0.05, 0) is 26.8 Å². The number of aromatic nitrogens is 1. The fourth-order valence-corrected chi connectivity index (χ4v) is 1.54. The van der Waals surface area contributed by atoms with Crippen molar-refractivity contribution in [2.24, 2.45) is 0 Å². The van der Waals surface area contributed by atoms with Crippen LogP contribution >= 0.6 is 0 Å². The molecule has 0 saturated heterocycles. The number of nitrogens with one attached hydrogen (secondary N) is 2. The van der Waals surface area contributed by atoms with Gasteiger partial charge in [-0.3, -0.25) is 9.78 Å². The molecule has 0 aliphatic heterocycles. The van der Waals surface area contributed by atoms with Crippen LogP contribution in [-0.2, 0) is 4.79 Å². The van der Waals surface area contributed by atoms with Crippen molar-refractivity contribution >= 4 is 11.6 Å². The van der Waals surface area contributed by atoms with Gasteiger partial charge in [-0.1, -0.05) is 0 Å². The van der Waals surface area contributed by atoms with Gasteiger partial charge in [0.1, 0.15) is 6.07 Å².